The molecule has 1 heterocycles. The molecule has 1 rings (SSSR count). The lowest BCUT2D eigenvalue weighted by molar-refractivity contribution is 0.306. The normalized spacial score (nSPS) is 10.8. The van der Waals surface area contributed by atoms with E-state index in [0.717, 1.165) is 12.5 Å². The third-order valence-corrected chi connectivity index (χ3v) is 1.08. The number of hydrogen-bond donors (Lipinski definition) is 0. The molecule has 4 heteroatoms. The second-order valence-corrected chi connectivity index (χ2v) is 2.55. The summed E-state index contributed by atoms with van der Waals surface area (Å²) in [6.45, 7) is 2.67. The fourth-order valence-corrected chi connectivity index (χ4v) is 0.746. The number of aryl methyl sites for hydroxylation is 1. The van der Waals surface area contributed by atoms with Gasteiger partial charge < -0.3 is 0 Å². The van der Waals surface area contributed by atoms with Crippen molar-refractivity contribution in [3.05, 3.63) is 12.2 Å². The lowest BCUT2D eigenvalue weighted by atomic mass is 10.8. The van der Waals surface area contributed by atoms with Gasteiger partial charge in [-0.3, -0.25) is 4.90 Å². The van der Waals surface area contributed by atoms with Crippen LogP contribution in [0.1, 0.15) is 5.82 Å². The van der Waals surface area contributed by atoms with Crippen LogP contribution in [0.5, 0.6) is 0 Å². The number of rotatable bonds is 2. The molecule has 0 atom stereocenters. The van der Waals surface area contributed by atoms with Crippen molar-refractivity contribution in [3.63, 3.8) is 0 Å². The van der Waals surface area contributed by atoms with E-state index in [1.165, 1.54) is 0 Å². The third-order valence-electron chi connectivity index (χ3n) is 1.08. The van der Waals surface area contributed by atoms with Gasteiger partial charge >= 0.3 is 0 Å². The van der Waals surface area contributed by atoms with E-state index in [-0.39, 0.29) is 0 Å². The molecule has 0 saturated carbocycles. The van der Waals surface area contributed by atoms with Crippen molar-refractivity contribution >= 4 is 0 Å². The SMILES string of the molecule is Cc1ncn(CN(C)C)n1. The molecule has 0 aromatic carbocycles. The summed E-state index contributed by atoms with van der Waals surface area (Å²) in [5.74, 6) is 0.821. The van der Waals surface area contributed by atoms with Gasteiger partial charge in [-0.2, -0.15) is 5.10 Å². The highest BCUT2D eigenvalue weighted by Gasteiger charge is 1.94. The molecule has 0 bridgehead atoms. The van der Waals surface area contributed by atoms with Crippen molar-refractivity contribution in [1.29, 1.82) is 0 Å². The zero-order valence-electron chi connectivity index (χ0n) is 6.57. The minimum absolute atomic E-state index is 0.792. The molecule has 1 aromatic heterocycles. The Balaban J connectivity index is 2.58. The summed E-state index contributed by atoms with van der Waals surface area (Å²) in [4.78, 5) is 6.03. The monoisotopic (exact) mass is 140 g/mol. The predicted octanol–water partition coefficient (Wildman–Crippen LogP) is 0.106. The smallest absolute Gasteiger partial charge is 0.147 e. The maximum absolute atomic E-state index is 4.11. The first kappa shape index (κ1) is 7.21. The molecule has 0 N–H and O–H groups in total. The quantitative estimate of drug-likeness (QED) is 0.584. The molecule has 4 nitrogen and oxygen atoms in total. The molecule has 0 fully saturated rings. The van der Waals surface area contributed by atoms with E-state index < -0.39 is 0 Å². The average Bonchev–Trinajstić information content (AvgIpc) is 2.13. The van der Waals surface area contributed by atoms with Crippen molar-refractivity contribution in [2.75, 3.05) is 14.1 Å². The molecule has 56 valence electrons. The maximum Gasteiger partial charge on any atom is 0.147 e. The van der Waals surface area contributed by atoms with E-state index in [1.807, 2.05) is 25.9 Å². The van der Waals surface area contributed by atoms with Crippen molar-refractivity contribution in [1.82, 2.24) is 19.7 Å². The van der Waals surface area contributed by atoms with Crippen molar-refractivity contribution in [2.45, 2.75) is 13.6 Å². The highest BCUT2D eigenvalue weighted by molar-refractivity contribution is 4.73. The summed E-state index contributed by atoms with van der Waals surface area (Å²) < 4.78 is 1.80. The van der Waals surface area contributed by atoms with E-state index in [9.17, 15) is 0 Å². The van der Waals surface area contributed by atoms with E-state index in [4.69, 9.17) is 0 Å². The fourth-order valence-electron chi connectivity index (χ4n) is 0.746. The van der Waals surface area contributed by atoms with Crippen LogP contribution in [0.3, 0.4) is 0 Å². The van der Waals surface area contributed by atoms with Crippen LogP contribution in [0.15, 0.2) is 6.33 Å². The van der Waals surface area contributed by atoms with Crippen LogP contribution in [-0.2, 0) is 6.67 Å². The van der Waals surface area contributed by atoms with Crippen molar-refractivity contribution < 1.29 is 0 Å². The van der Waals surface area contributed by atoms with Crippen LogP contribution in [-0.4, -0.2) is 33.8 Å². The Labute approximate surface area is 60.5 Å². The van der Waals surface area contributed by atoms with E-state index in [0.29, 0.717) is 0 Å². The van der Waals surface area contributed by atoms with Crippen molar-refractivity contribution in [2.24, 2.45) is 0 Å². The zero-order chi connectivity index (χ0) is 7.56. The first-order valence-corrected chi connectivity index (χ1v) is 3.19. The lowest BCUT2D eigenvalue weighted by Crippen LogP contribution is -2.17. The molecule has 0 aliphatic rings. The molecular weight excluding hydrogens is 128 g/mol. The molecule has 0 saturated heterocycles. The Morgan fingerprint density at radius 2 is 2.30 bits per heavy atom. The van der Waals surface area contributed by atoms with Gasteiger partial charge in [0.05, 0.1) is 6.67 Å². The van der Waals surface area contributed by atoms with Gasteiger partial charge in [0.15, 0.2) is 0 Å². The fraction of sp³-hybridized carbons (Fsp3) is 0.667. The molecule has 0 amide bonds. The van der Waals surface area contributed by atoms with Gasteiger partial charge in [-0.25, -0.2) is 9.67 Å². The predicted molar refractivity (Wildman–Crippen MR) is 38.4 cm³/mol. The van der Waals surface area contributed by atoms with Crippen LogP contribution < -0.4 is 0 Å². The lowest BCUT2D eigenvalue weighted by Gasteiger charge is -2.07. The topological polar surface area (TPSA) is 34.0 Å². The molecule has 0 unspecified atom stereocenters. The summed E-state index contributed by atoms with van der Waals surface area (Å²) in [6.07, 6.45) is 1.73. The molecule has 1 aromatic rings. The largest absolute Gasteiger partial charge is 0.291 e. The Morgan fingerprint density at radius 3 is 2.70 bits per heavy atom. The van der Waals surface area contributed by atoms with Gasteiger partial charge in [-0.15, -0.1) is 0 Å². The van der Waals surface area contributed by atoms with Crippen LogP contribution in [0.25, 0.3) is 0 Å². The molecule has 0 radical (unpaired) electrons. The minimum Gasteiger partial charge on any atom is -0.291 e. The zero-order valence-corrected chi connectivity index (χ0v) is 6.57. The van der Waals surface area contributed by atoms with Gasteiger partial charge in [-0.05, 0) is 21.0 Å². The molecule has 0 aliphatic heterocycles. The van der Waals surface area contributed by atoms with Crippen LogP contribution >= 0.6 is 0 Å². The van der Waals surface area contributed by atoms with Gasteiger partial charge in [0.25, 0.3) is 0 Å². The Morgan fingerprint density at radius 1 is 1.60 bits per heavy atom. The molecule has 0 aliphatic carbocycles. The summed E-state index contributed by atoms with van der Waals surface area (Å²) in [7, 11) is 3.99. The van der Waals surface area contributed by atoms with E-state index in [1.54, 1.807) is 11.0 Å². The standard InChI is InChI=1S/C6H12N4/c1-6-7-4-10(8-6)5-9(2)3/h4H,5H2,1-3H3. The highest BCUT2D eigenvalue weighted by Crippen LogP contribution is 1.87. The summed E-state index contributed by atoms with van der Waals surface area (Å²) in [5.41, 5.74) is 0. The Hall–Kier alpha value is -0.900. The average molecular weight is 140 g/mol. The maximum atomic E-state index is 4.11. The minimum atomic E-state index is 0.792. The number of aromatic nitrogens is 3. The summed E-state index contributed by atoms with van der Waals surface area (Å²) in [5, 5.41) is 4.11. The van der Waals surface area contributed by atoms with Crippen LogP contribution in [0, 0.1) is 6.92 Å². The van der Waals surface area contributed by atoms with Gasteiger partial charge in [0.1, 0.15) is 12.2 Å². The van der Waals surface area contributed by atoms with Crippen LogP contribution in [0.2, 0.25) is 0 Å². The van der Waals surface area contributed by atoms with Crippen molar-refractivity contribution in [3.8, 4) is 0 Å². The van der Waals surface area contributed by atoms with E-state index >= 15 is 0 Å². The Bertz CT molecular complexity index is 203. The van der Waals surface area contributed by atoms with Gasteiger partial charge in [0.2, 0.25) is 0 Å². The second-order valence-electron chi connectivity index (χ2n) is 2.55. The summed E-state index contributed by atoms with van der Waals surface area (Å²) >= 11 is 0. The number of hydrogen-bond acceptors (Lipinski definition) is 3. The number of nitrogens with zero attached hydrogens (tertiary/aromatic N) is 4. The molecule has 0 spiro atoms. The summed E-state index contributed by atoms with van der Waals surface area (Å²) in [6, 6.07) is 0. The first-order chi connectivity index (χ1) is 4.68. The van der Waals surface area contributed by atoms with Crippen LogP contribution in [0.4, 0.5) is 0 Å². The highest BCUT2D eigenvalue weighted by atomic mass is 15.4. The molecule has 10 heavy (non-hydrogen) atoms. The molecular formula is C6H12N4. The van der Waals surface area contributed by atoms with Gasteiger partial charge in [0, 0.05) is 0 Å². The Kier molecular flexibility index (Phi) is 2.01. The van der Waals surface area contributed by atoms with E-state index in [2.05, 4.69) is 10.1 Å². The first-order valence-electron chi connectivity index (χ1n) is 3.19. The third kappa shape index (κ3) is 1.80. The van der Waals surface area contributed by atoms with Gasteiger partial charge in [-0.1, -0.05) is 0 Å². The second kappa shape index (κ2) is 2.79.